The Morgan fingerprint density at radius 1 is 1.25 bits per heavy atom. The van der Waals surface area contributed by atoms with Crippen molar-refractivity contribution in [3.8, 4) is 0 Å². The van der Waals surface area contributed by atoms with Gasteiger partial charge in [-0.2, -0.15) is 0 Å². The molecule has 6 nitrogen and oxygen atoms in total. The van der Waals surface area contributed by atoms with Gasteiger partial charge in [0.2, 0.25) is 0 Å². The fourth-order valence-electron chi connectivity index (χ4n) is 3.46. The van der Waals surface area contributed by atoms with E-state index in [1.807, 2.05) is 38.0 Å². The number of aliphatic imine (C=N–C) groups is 1. The molecule has 0 amide bonds. The van der Waals surface area contributed by atoms with E-state index in [1.165, 1.54) is 11.1 Å². The van der Waals surface area contributed by atoms with E-state index >= 15 is 0 Å². The molecule has 1 aromatic carbocycles. The number of benzene rings is 1. The van der Waals surface area contributed by atoms with Crippen LogP contribution >= 0.6 is 11.6 Å². The molecule has 0 saturated carbocycles. The molecule has 152 valence electrons. The predicted octanol–water partition coefficient (Wildman–Crippen LogP) is 2.72. The first kappa shape index (κ1) is 20.7. The van der Waals surface area contributed by atoms with E-state index < -0.39 is 0 Å². The number of halogens is 1. The lowest BCUT2D eigenvalue weighted by Gasteiger charge is -2.26. The Morgan fingerprint density at radius 2 is 2.00 bits per heavy atom. The monoisotopic (exact) mass is 403 g/mol. The highest BCUT2D eigenvalue weighted by Gasteiger charge is 2.12. The number of guanidine groups is 1. The fourth-order valence-corrected chi connectivity index (χ4v) is 3.73. The minimum Gasteiger partial charge on any atom is -0.379 e. The van der Waals surface area contributed by atoms with Crippen LogP contribution in [0.3, 0.4) is 0 Å². The van der Waals surface area contributed by atoms with Crippen molar-refractivity contribution in [2.24, 2.45) is 12.0 Å². The van der Waals surface area contributed by atoms with Gasteiger partial charge in [-0.05, 0) is 17.2 Å². The number of morpholine rings is 1. The molecule has 1 aromatic heterocycles. The summed E-state index contributed by atoms with van der Waals surface area (Å²) in [4.78, 5) is 8.96. The topological polar surface area (TPSA) is 45.0 Å². The van der Waals surface area contributed by atoms with Crippen molar-refractivity contribution in [2.45, 2.75) is 19.6 Å². The molecule has 1 N–H and O–H groups in total. The van der Waals surface area contributed by atoms with Crippen LogP contribution < -0.4 is 5.32 Å². The quantitative estimate of drug-likeness (QED) is 0.595. The van der Waals surface area contributed by atoms with Gasteiger partial charge in [-0.25, -0.2) is 0 Å². The number of aryl methyl sites for hydroxylation is 1. The van der Waals surface area contributed by atoms with E-state index in [0.717, 1.165) is 62.6 Å². The number of hydrogen-bond donors (Lipinski definition) is 1. The van der Waals surface area contributed by atoms with Crippen molar-refractivity contribution in [3.63, 3.8) is 0 Å². The van der Waals surface area contributed by atoms with Crippen LogP contribution in [0.25, 0.3) is 0 Å². The molecule has 7 heteroatoms. The normalized spacial score (nSPS) is 15.6. The first-order valence-corrected chi connectivity index (χ1v) is 10.0. The van der Waals surface area contributed by atoms with Gasteiger partial charge in [-0.3, -0.25) is 9.89 Å². The van der Waals surface area contributed by atoms with Crippen molar-refractivity contribution in [3.05, 3.63) is 58.4 Å². The zero-order valence-electron chi connectivity index (χ0n) is 17.0. The molecule has 1 aliphatic heterocycles. The molecule has 0 radical (unpaired) electrons. The Balaban J connectivity index is 1.55. The molecule has 2 aromatic rings. The standard InChI is InChI=1S/C21H30ClN5O/c1-23-21(26(3)16-20-12-19(22)15-25(20)2)24-13-17-5-4-6-18(11-17)14-27-7-9-28-10-8-27/h4-6,11-12,15H,7-10,13-14,16H2,1-3H3,(H,23,24). The van der Waals surface area contributed by atoms with Crippen LogP contribution in [0.2, 0.25) is 5.02 Å². The smallest absolute Gasteiger partial charge is 0.194 e. The minimum atomic E-state index is 0.736. The third-order valence-corrected chi connectivity index (χ3v) is 5.21. The van der Waals surface area contributed by atoms with Gasteiger partial charge in [0.15, 0.2) is 5.96 Å². The molecule has 1 aliphatic rings. The fraction of sp³-hybridized carbons (Fsp3) is 0.476. The lowest BCUT2D eigenvalue weighted by molar-refractivity contribution is 0.0342. The number of rotatable bonds is 6. The predicted molar refractivity (Wildman–Crippen MR) is 115 cm³/mol. The van der Waals surface area contributed by atoms with E-state index in [0.29, 0.717) is 0 Å². The summed E-state index contributed by atoms with van der Waals surface area (Å²) in [7, 11) is 5.85. The summed E-state index contributed by atoms with van der Waals surface area (Å²) in [6, 6.07) is 10.7. The van der Waals surface area contributed by atoms with Gasteiger partial charge in [0.05, 0.1) is 24.8 Å². The maximum atomic E-state index is 6.09. The molecule has 28 heavy (non-hydrogen) atoms. The largest absolute Gasteiger partial charge is 0.379 e. The van der Waals surface area contributed by atoms with E-state index in [9.17, 15) is 0 Å². The average Bonchev–Trinajstić information content (AvgIpc) is 3.00. The first-order valence-electron chi connectivity index (χ1n) is 9.65. The second-order valence-corrected chi connectivity index (χ2v) is 7.66. The van der Waals surface area contributed by atoms with E-state index in [4.69, 9.17) is 16.3 Å². The molecular weight excluding hydrogens is 374 g/mol. The average molecular weight is 404 g/mol. The number of ether oxygens (including phenoxy) is 1. The second-order valence-electron chi connectivity index (χ2n) is 7.23. The summed E-state index contributed by atoms with van der Waals surface area (Å²) >= 11 is 6.09. The first-order chi connectivity index (χ1) is 13.5. The molecule has 0 spiro atoms. The van der Waals surface area contributed by atoms with Gasteiger partial charge >= 0.3 is 0 Å². The van der Waals surface area contributed by atoms with Crippen LogP contribution in [-0.2, 0) is 31.4 Å². The maximum Gasteiger partial charge on any atom is 0.194 e. The Kier molecular flexibility index (Phi) is 7.36. The van der Waals surface area contributed by atoms with E-state index in [1.54, 1.807) is 0 Å². The highest BCUT2D eigenvalue weighted by Crippen LogP contribution is 2.14. The summed E-state index contributed by atoms with van der Waals surface area (Å²) in [5.74, 6) is 0.857. The van der Waals surface area contributed by atoms with Crippen LogP contribution in [0.1, 0.15) is 16.8 Å². The van der Waals surface area contributed by atoms with Gasteiger partial charge in [0, 0.05) is 59.2 Å². The Morgan fingerprint density at radius 3 is 2.68 bits per heavy atom. The van der Waals surface area contributed by atoms with Gasteiger partial charge in [0.25, 0.3) is 0 Å². The van der Waals surface area contributed by atoms with Crippen LogP contribution in [0.4, 0.5) is 0 Å². The number of nitrogens with zero attached hydrogens (tertiary/aromatic N) is 4. The van der Waals surface area contributed by atoms with Crippen molar-refractivity contribution < 1.29 is 4.74 Å². The van der Waals surface area contributed by atoms with Crippen molar-refractivity contribution >= 4 is 17.6 Å². The van der Waals surface area contributed by atoms with E-state index in [2.05, 4.69) is 44.4 Å². The van der Waals surface area contributed by atoms with Crippen molar-refractivity contribution in [1.29, 1.82) is 0 Å². The Labute approximate surface area is 172 Å². The molecular formula is C21H30ClN5O. The van der Waals surface area contributed by atoms with Gasteiger partial charge in [0.1, 0.15) is 0 Å². The van der Waals surface area contributed by atoms with Crippen LogP contribution in [0.5, 0.6) is 0 Å². The lowest BCUT2D eigenvalue weighted by atomic mass is 10.1. The van der Waals surface area contributed by atoms with Crippen LogP contribution in [0.15, 0.2) is 41.5 Å². The number of hydrogen-bond acceptors (Lipinski definition) is 3. The number of aromatic nitrogens is 1. The van der Waals surface area contributed by atoms with Gasteiger partial charge in [-0.15, -0.1) is 0 Å². The van der Waals surface area contributed by atoms with Crippen LogP contribution in [0, 0.1) is 0 Å². The van der Waals surface area contributed by atoms with Crippen molar-refractivity contribution in [2.75, 3.05) is 40.4 Å². The molecule has 0 atom stereocenters. The molecule has 0 aliphatic carbocycles. The summed E-state index contributed by atoms with van der Waals surface area (Å²) in [5, 5.41) is 4.22. The highest BCUT2D eigenvalue weighted by atomic mass is 35.5. The van der Waals surface area contributed by atoms with Gasteiger partial charge < -0.3 is 19.5 Å². The molecule has 3 rings (SSSR count). The Hall–Kier alpha value is -2.02. The highest BCUT2D eigenvalue weighted by molar-refractivity contribution is 6.30. The second kappa shape index (κ2) is 9.96. The van der Waals surface area contributed by atoms with E-state index in [-0.39, 0.29) is 0 Å². The number of nitrogens with one attached hydrogen (secondary N) is 1. The maximum absolute atomic E-state index is 6.09. The molecule has 2 heterocycles. The molecule has 1 fully saturated rings. The summed E-state index contributed by atoms with van der Waals surface area (Å²) in [6.07, 6.45) is 1.92. The third-order valence-electron chi connectivity index (χ3n) is 5.00. The molecule has 1 saturated heterocycles. The molecule has 0 unspecified atom stereocenters. The summed E-state index contributed by atoms with van der Waals surface area (Å²) < 4.78 is 7.48. The summed E-state index contributed by atoms with van der Waals surface area (Å²) in [5.41, 5.74) is 3.73. The van der Waals surface area contributed by atoms with Crippen LogP contribution in [-0.4, -0.2) is 60.7 Å². The Bertz CT molecular complexity index is 798. The van der Waals surface area contributed by atoms with Crippen molar-refractivity contribution in [1.82, 2.24) is 19.7 Å². The van der Waals surface area contributed by atoms with Gasteiger partial charge in [-0.1, -0.05) is 35.9 Å². The summed E-state index contributed by atoms with van der Waals surface area (Å²) in [6.45, 7) is 6.11. The molecule has 0 bridgehead atoms. The zero-order chi connectivity index (χ0) is 19.9. The minimum absolute atomic E-state index is 0.736. The zero-order valence-corrected chi connectivity index (χ0v) is 17.7. The SMILES string of the molecule is CN=C(NCc1cccc(CN2CCOCC2)c1)N(C)Cc1cc(Cl)cn1C. The lowest BCUT2D eigenvalue weighted by Crippen LogP contribution is -2.38. The third kappa shape index (κ3) is 5.74.